The largest absolute Gasteiger partial charge is 0.441 e. The first-order chi connectivity index (χ1) is 10.8. The van der Waals surface area contributed by atoms with Crippen molar-refractivity contribution in [3.8, 4) is 0 Å². The first kappa shape index (κ1) is 17.7. The molecular formula is C15H17F3N2O2S. The number of nitrogens with one attached hydrogen (secondary N) is 1. The van der Waals surface area contributed by atoms with Crippen LogP contribution in [0.2, 0.25) is 0 Å². The van der Waals surface area contributed by atoms with Crippen LogP contribution in [0.1, 0.15) is 18.4 Å². The summed E-state index contributed by atoms with van der Waals surface area (Å²) < 4.78 is 35.8. The third-order valence-corrected chi connectivity index (χ3v) is 4.11. The second-order valence-electron chi connectivity index (χ2n) is 5.14. The highest BCUT2D eigenvalue weighted by Crippen LogP contribution is 2.29. The number of amides is 2. The summed E-state index contributed by atoms with van der Waals surface area (Å²) in [5, 5.41) is 2.46. The second-order valence-corrected chi connectivity index (χ2v) is 6.30. The topological polar surface area (TPSA) is 49.4 Å². The zero-order chi connectivity index (χ0) is 16.9. The normalized spacial score (nSPS) is 15.1. The quantitative estimate of drug-likeness (QED) is 0.806. The fraction of sp³-hybridized carbons (Fsp3) is 0.467. The maximum Gasteiger partial charge on any atom is 0.441 e. The summed E-state index contributed by atoms with van der Waals surface area (Å²) in [5.41, 5.74) is -2.72. The zero-order valence-electron chi connectivity index (χ0n) is 12.4. The van der Waals surface area contributed by atoms with Crippen LogP contribution in [0.4, 0.5) is 18.9 Å². The van der Waals surface area contributed by atoms with Crippen molar-refractivity contribution in [1.29, 1.82) is 0 Å². The molecule has 0 bridgehead atoms. The molecule has 126 valence electrons. The van der Waals surface area contributed by atoms with E-state index in [9.17, 15) is 22.8 Å². The molecule has 0 saturated carbocycles. The molecule has 4 nitrogen and oxygen atoms in total. The van der Waals surface area contributed by atoms with Crippen molar-refractivity contribution in [1.82, 2.24) is 5.32 Å². The van der Waals surface area contributed by atoms with Gasteiger partial charge in [0, 0.05) is 31.0 Å². The molecule has 0 aliphatic carbocycles. The molecule has 1 fully saturated rings. The van der Waals surface area contributed by atoms with Gasteiger partial charge in [0.2, 0.25) is 11.8 Å². The van der Waals surface area contributed by atoms with Gasteiger partial charge in [0.1, 0.15) is 0 Å². The van der Waals surface area contributed by atoms with E-state index in [0.717, 1.165) is 17.7 Å². The van der Waals surface area contributed by atoms with Crippen molar-refractivity contribution >= 4 is 29.3 Å². The number of thioether (sulfide) groups is 1. The number of anilines is 1. The number of alkyl halides is 3. The fourth-order valence-corrected chi connectivity index (χ4v) is 2.76. The highest BCUT2D eigenvalue weighted by atomic mass is 32.2. The first-order valence-electron chi connectivity index (χ1n) is 7.22. The number of carbonyl (C=O) groups is 2. The van der Waals surface area contributed by atoms with E-state index in [0.29, 0.717) is 13.0 Å². The van der Waals surface area contributed by atoms with Gasteiger partial charge in [0.15, 0.2) is 0 Å². The maximum atomic E-state index is 11.9. The molecule has 1 aromatic rings. The summed E-state index contributed by atoms with van der Waals surface area (Å²) >= 11 is -0.154. The number of hydrogen-bond donors (Lipinski definition) is 1. The van der Waals surface area contributed by atoms with Crippen LogP contribution >= 0.6 is 11.8 Å². The van der Waals surface area contributed by atoms with Crippen LogP contribution in [-0.4, -0.2) is 36.2 Å². The lowest BCUT2D eigenvalue weighted by Crippen LogP contribution is -2.28. The van der Waals surface area contributed by atoms with Crippen molar-refractivity contribution in [2.75, 3.05) is 23.7 Å². The Morgan fingerprint density at radius 2 is 1.96 bits per heavy atom. The third-order valence-electron chi connectivity index (χ3n) is 3.38. The van der Waals surface area contributed by atoms with Crippen LogP contribution in [0.15, 0.2) is 24.3 Å². The van der Waals surface area contributed by atoms with E-state index in [-0.39, 0.29) is 42.3 Å². The Balaban J connectivity index is 1.77. The van der Waals surface area contributed by atoms with Gasteiger partial charge in [-0.1, -0.05) is 12.1 Å². The van der Waals surface area contributed by atoms with Crippen molar-refractivity contribution in [2.45, 2.75) is 24.8 Å². The van der Waals surface area contributed by atoms with E-state index in [1.54, 1.807) is 29.2 Å². The number of benzene rings is 1. The molecule has 1 aliphatic rings. The van der Waals surface area contributed by atoms with Gasteiger partial charge >= 0.3 is 5.51 Å². The van der Waals surface area contributed by atoms with Crippen LogP contribution in [0.3, 0.4) is 0 Å². The Morgan fingerprint density at radius 1 is 1.26 bits per heavy atom. The predicted octanol–water partition coefficient (Wildman–Crippen LogP) is 2.73. The lowest BCUT2D eigenvalue weighted by atomic mass is 10.1. The average molecular weight is 346 g/mol. The minimum Gasteiger partial charge on any atom is -0.355 e. The summed E-state index contributed by atoms with van der Waals surface area (Å²) in [4.78, 5) is 25.0. The highest BCUT2D eigenvalue weighted by Gasteiger charge is 2.27. The number of halogens is 3. The van der Waals surface area contributed by atoms with Crippen molar-refractivity contribution in [3.05, 3.63) is 29.8 Å². The Labute approximate surface area is 136 Å². The van der Waals surface area contributed by atoms with Gasteiger partial charge in [-0.2, -0.15) is 13.2 Å². The molecule has 0 spiro atoms. The number of carbonyl (C=O) groups excluding carboxylic acids is 2. The number of hydrogen-bond acceptors (Lipinski definition) is 3. The minimum atomic E-state index is -4.27. The molecule has 8 heteroatoms. The standard InChI is InChI=1S/C15H17F3N2O2S/c16-15(17,18)23-9-7-19-13(21)10-11-3-5-12(6-4-11)20-8-1-2-14(20)22/h3-6H,1-2,7-10H2,(H,19,21). The molecule has 2 rings (SSSR count). The van der Waals surface area contributed by atoms with Crippen molar-refractivity contribution in [2.24, 2.45) is 0 Å². The van der Waals surface area contributed by atoms with E-state index < -0.39 is 5.51 Å². The predicted molar refractivity (Wildman–Crippen MR) is 83.3 cm³/mol. The van der Waals surface area contributed by atoms with Crippen molar-refractivity contribution in [3.63, 3.8) is 0 Å². The molecule has 1 aromatic carbocycles. The lowest BCUT2D eigenvalue weighted by molar-refractivity contribution is -0.120. The second kappa shape index (κ2) is 7.72. The average Bonchev–Trinajstić information content (AvgIpc) is 2.90. The monoisotopic (exact) mass is 346 g/mol. The van der Waals surface area contributed by atoms with Gasteiger partial charge < -0.3 is 10.2 Å². The summed E-state index contributed by atoms with van der Waals surface area (Å²) in [6, 6.07) is 7.08. The Bertz CT molecular complexity index is 561. The fourth-order valence-electron chi connectivity index (χ4n) is 2.32. The number of nitrogens with zero attached hydrogens (tertiary/aromatic N) is 1. The van der Waals surface area contributed by atoms with Crippen LogP contribution < -0.4 is 10.2 Å². The van der Waals surface area contributed by atoms with Gasteiger partial charge in [0.25, 0.3) is 0 Å². The summed E-state index contributed by atoms with van der Waals surface area (Å²) in [6.07, 6.45) is 1.50. The summed E-state index contributed by atoms with van der Waals surface area (Å²) in [7, 11) is 0. The van der Waals surface area contributed by atoms with Crippen molar-refractivity contribution < 1.29 is 22.8 Å². The number of rotatable bonds is 6. The molecule has 0 radical (unpaired) electrons. The van der Waals surface area contributed by atoms with Gasteiger partial charge in [-0.3, -0.25) is 9.59 Å². The summed E-state index contributed by atoms with van der Waals surface area (Å²) in [6.45, 7) is 0.679. The van der Waals surface area contributed by atoms with E-state index in [4.69, 9.17) is 0 Å². The van der Waals surface area contributed by atoms with Crippen LogP contribution in [0, 0.1) is 0 Å². The molecule has 1 saturated heterocycles. The molecule has 23 heavy (non-hydrogen) atoms. The van der Waals surface area contributed by atoms with Gasteiger partial charge in [-0.05, 0) is 35.9 Å². The smallest absolute Gasteiger partial charge is 0.355 e. The Hall–Kier alpha value is -1.70. The van der Waals surface area contributed by atoms with E-state index in [1.807, 2.05) is 0 Å². The molecule has 0 atom stereocenters. The van der Waals surface area contributed by atoms with E-state index in [2.05, 4.69) is 5.32 Å². The summed E-state index contributed by atoms with van der Waals surface area (Å²) in [5.74, 6) is -0.430. The molecule has 1 aliphatic heterocycles. The zero-order valence-corrected chi connectivity index (χ0v) is 13.2. The molecule has 0 unspecified atom stereocenters. The molecule has 1 heterocycles. The molecule has 1 N–H and O–H groups in total. The van der Waals surface area contributed by atoms with E-state index >= 15 is 0 Å². The van der Waals surface area contributed by atoms with Gasteiger partial charge in [0.05, 0.1) is 6.42 Å². The SMILES string of the molecule is O=C(Cc1ccc(N2CCCC2=O)cc1)NCCSC(F)(F)F. The third kappa shape index (κ3) is 5.78. The Kier molecular flexibility index (Phi) is 5.92. The minimum absolute atomic E-state index is 0.0244. The van der Waals surface area contributed by atoms with Gasteiger partial charge in [-0.25, -0.2) is 0 Å². The lowest BCUT2D eigenvalue weighted by Gasteiger charge is -2.15. The first-order valence-corrected chi connectivity index (χ1v) is 8.20. The molecular weight excluding hydrogens is 329 g/mol. The molecule has 2 amide bonds. The Morgan fingerprint density at radius 3 is 2.52 bits per heavy atom. The van der Waals surface area contributed by atoms with Crippen LogP contribution in [-0.2, 0) is 16.0 Å². The maximum absolute atomic E-state index is 11.9. The van der Waals surface area contributed by atoms with Gasteiger partial charge in [-0.15, -0.1) is 0 Å². The molecule has 0 aromatic heterocycles. The van der Waals surface area contributed by atoms with E-state index in [1.165, 1.54) is 0 Å². The highest BCUT2D eigenvalue weighted by molar-refractivity contribution is 8.00. The van der Waals surface area contributed by atoms with Crippen LogP contribution in [0.5, 0.6) is 0 Å². The van der Waals surface area contributed by atoms with Crippen LogP contribution in [0.25, 0.3) is 0 Å².